The topological polar surface area (TPSA) is 60.5 Å². The highest BCUT2D eigenvalue weighted by molar-refractivity contribution is 7.14. The van der Waals surface area contributed by atoms with Crippen molar-refractivity contribution in [2.45, 2.75) is 13.8 Å². The van der Waals surface area contributed by atoms with Crippen molar-refractivity contribution in [1.29, 1.82) is 0 Å². The first-order valence-corrected chi connectivity index (χ1v) is 8.97. The molecule has 0 spiro atoms. The van der Waals surface area contributed by atoms with Crippen molar-refractivity contribution in [2.24, 2.45) is 0 Å². The molecule has 1 N–H and O–H groups in total. The van der Waals surface area contributed by atoms with E-state index in [1.54, 1.807) is 14.2 Å². The molecule has 0 unspecified atom stereocenters. The molecule has 134 valence electrons. The summed E-state index contributed by atoms with van der Waals surface area (Å²) in [5.74, 6) is 1.25. The first kappa shape index (κ1) is 17.9. The Morgan fingerprint density at radius 1 is 1.12 bits per heavy atom. The standard InChI is InChI=1S/C20H20N2O3S/c1-12-6-5-7-15(13(12)2)19(23)22-20-21-17(11-26-20)16-10-14(24-3)8-9-18(16)25-4/h5-11H,1-4H3,(H,21,22,23). The van der Waals surface area contributed by atoms with Gasteiger partial charge in [-0.25, -0.2) is 4.98 Å². The summed E-state index contributed by atoms with van der Waals surface area (Å²) in [5, 5.41) is 5.30. The predicted molar refractivity (Wildman–Crippen MR) is 105 cm³/mol. The molecule has 0 saturated heterocycles. The summed E-state index contributed by atoms with van der Waals surface area (Å²) in [5.41, 5.74) is 4.24. The molecule has 6 heteroatoms. The third-order valence-corrected chi connectivity index (χ3v) is 5.01. The van der Waals surface area contributed by atoms with E-state index < -0.39 is 0 Å². The third-order valence-electron chi connectivity index (χ3n) is 4.26. The molecule has 0 aliphatic carbocycles. The van der Waals surface area contributed by atoms with Crippen LogP contribution in [0.1, 0.15) is 21.5 Å². The SMILES string of the molecule is COc1ccc(OC)c(-c2csc(NC(=O)c3cccc(C)c3C)n2)c1. The molecule has 1 amide bonds. The van der Waals surface area contributed by atoms with Crippen molar-refractivity contribution in [2.75, 3.05) is 19.5 Å². The van der Waals surface area contributed by atoms with E-state index in [0.717, 1.165) is 28.1 Å². The zero-order valence-corrected chi connectivity index (χ0v) is 15.9. The number of anilines is 1. The summed E-state index contributed by atoms with van der Waals surface area (Å²) >= 11 is 1.37. The number of hydrogen-bond donors (Lipinski definition) is 1. The number of thiazole rings is 1. The number of benzene rings is 2. The van der Waals surface area contributed by atoms with Gasteiger partial charge in [0.25, 0.3) is 5.91 Å². The molecule has 1 heterocycles. The van der Waals surface area contributed by atoms with Crippen LogP contribution < -0.4 is 14.8 Å². The smallest absolute Gasteiger partial charge is 0.257 e. The Morgan fingerprint density at radius 3 is 2.65 bits per heavy atom. The second-order valence-corrected chi connectivity index (χ2v) is 6.66. The number of nitrogens with one attached hydrogen (secondary N) is 1. The largest absolute Gasteiger partial charge is 0.497 e. The lowest BCUT2D eigenvalue weighted by Crippen LogP contribution is -2.13. The van der Waals surface area contributed by atoms with Crippen LogP contribution in [0, 0.1) is 13.8 Å². The molecule has 0 bridgehead atoms. The van der Waals surface area contributed by atoms with Crippen LogP contribution in [0.3, 0.4) is 0 Å². The van der Waals surface area contributed by atoms with Gasteiger partial charge in [-0.05, 0) is 49.2 Å². The van der Waals surface area contributed by atoms with E-state index >= 15 is 0 Å². The van der Waals surface area contributed by atoms with Crippen LogP contribution in [0.25, 0.3) is 11.3 Å². The van der Waals surface area contributed by atoms with E-state index in [0.29, 0.717) is 16.4 Å². The van der Waals surface area contributed by atoms with Crippen molar-refractivity contribution < 1.29 is 14.3 Å². The lowest BCUT2D eigenvalue weighted by atomic mass is 10.0. The van der Waals surface area contributed by atoms with Gasteiger partial charge in [0.2, 0.25) is 0 Å². The second kappa shape index (κ2) is 7.58. The third kappa shape index (κ3) is 3.55. The maximum Gasteiger partial charge on any atom is 0.257 e. The van der Waals surface area contributed by atoms with Gasteiger partial charge in [0.1, 0.15) is 11.5 Å². The van der Waals surface area contributed by atoms with Gasteiger partial charge in [0.15, 0.2) is 5.13 Å². The minimum Gasteiger partial charge on any atom is -0.497 e. The van der Waals surface area contributed by atoms with Crippen LogP contribution in [0.15, 0.2) is 41.8 Å². The quantitative estimate of drug-likeness (QED) is 0.709. The molecule has 0 saturated carbocycles. The number of rotatable bonds is 5. The molecule has 0 atom stereocenters. The molecule has 0 fully saturated rings. The number of hydrogen-bond acceptors (Lipinski definition) is 5. The maximum absolute atomic E-state index is 12.6. The monoisotopic (exact) mass is 368 g/mol. The Morgan fingerprint density at radius 2 is 1.92 bits per heavy atom. The number of carbonyl (C=O) groups is 1. The number of carbonyl (C=O) groups excluding carboxylic acids is 1. The van der Waals surface area contributed by atoms with Gasteiger partial charge in [0, 0.05) is 16.5 Å². The van der Waals surface area contributed by atoms with E-state index in [1.165, 1.54) is 11.3 Å². The Kier molecular flexibility index (Phi) is 5.23. The number of amides is 1. The minimum atomic E-state index is -0.162. The van der Waals surface area contributed by atoms with Gasteiger partial charge in [-0.15, -0.1) is 11.3 Å². The van der Waals surface area contributed by atoms with Gasteiger partial charge in [-0.2, -0.15) is 0 Å². The van der Waals surface area contributed by atoms with Crippen LogP contribution in [0.4, 0.5) is 5.13 Å². The van der Waals surface area contributed by atoms with Gasteiger partial charge >= 0.3 is 0 Å². The minimum absolute atomic E-state index is 0.162. The summed E-state index contributed by atoms with van der Waals surface area (Å²) in [7, 11) is 3.23. The number of nitrogens with zero attached hydrogens (tertiary/aromatic N) is 1. The maximum atomic E-state index is 12.6. The molecule has 26 heavy (non-hydrogen) atoms. The van der Waals surface area contributed by atoms with Crippen molar-refractivity contribution in [3.8, 4) is 22.8 Å². The van der Waals surface area contributed by atoms with Crippen molar-refractivity contribution in [3.63, 3.8) is 0 Å². The zero-order chi connectivity index (χ0) is 18.7. The van der Waals surface area contributed by atoms with E-state index in [2.05, 4.69) is 10.3 Å². The van der Waals surface area contributed by atoms with Gasteiger partial charge < -0.3 is 9.47 Å². The highest BCUT2D eigenvalue weighted by atomic mass is 32.1. The normalized spacial score (nSPS) is 10.5. The fraction of sp³-hybridized carbons (Fsp3) is 0.200. The van der Waals surface area contributed by atoms with Crippen LogP contribution in [0.2, 0.25) is 0 Å². The summed E-state index contributed by atoms with van der Waals surface area (Å²) in [6, 6.07) is 11.2. The highest BCUT2D eigenvalue weighted by Gasteiger charge is 2.15. The second-order valence-electron chi connectivity index (χ2n) is 5.81. The van der Waals surface area contributed by atoms with E-state index in [9.17, 15) is 4.79 Å². The first-order valence-electron chi connectivity index (χ1n) is 8.09. The molecule has 2 aromatic carbocycles. The molecule has 0 radical (unpaired) electrons. The van der Waals surface area contributed by atoms with E-state index in [4.69, 9.17) is 9.47 Å². The molecular formula is C20H20N2O3S. The molecule has 0 aliphatic rings. The fourth-order valence-electron chi connectivity index (χ4n) is 2.63. The molecule has 5 nitrogen and oxygen atoms in total. The van der Waals surface area contributed by atoms with Crippen LogP contribution >= 0.6 is 11.3 Å². The summed E-state index contributed by atoms with van der Waals surface area (Å²) in [4.78, 5) is 17.1. The van der Waals surface area contributed by atoms with Gasteiger partial charge in [0.05, 0.1) is 19.9 Å². The molecule has 3 rings (SSSR count). The van der Waals surface area contributed by atoms with Gasteiger partial charge in [-0.1, -0.05) is 12.1 Å². The number of ether oxygens (including phenoxy) is 2. The van der Waals surface area contributed by atoms with Crippen LogP contribution in [-0.4, -0.2) is 25.1 Å². The van der Waals surface area contributed by atoms with Crippen molar-refractivity contribution >= 4 is 22.4 Å². The molecule has 1 aromatic heterocycles. The first-order chi connectivity index (χ1) is 12.5. The van der Waals surface area contributed by atoms with Crippen LogP contribution in [-0.2, 0) is 0 Å². The predicted octanol–water partition coefficient (Wildman–Crippen LogP) is 4.70. The lowest BCUT2D eigenvalue weighted by Gasteiger charge is -2.09. The zero-order valence-electron chi connectivity index (χ0n) is 15.1. The summed E-state index contributed by atoms with van der Waals surface area (Å²) < 4.78 is 10.7. The Balaban J connectivity index is 1.87. The lowest BCUT2D eigenvalue weighted by molar-refractivity contribution is 0.102. The van der Waals surface area contributed by atoms with Crippen molar-refractivity contribution in [1.82, 2.24) is 4.98 Å². The summed E-state index contributed by atoms with van der Waals surface area (Å²) in [6.45, 7) is 3.93. The van der Waals surface area contributed by atoms with E-state index in [1.807, 2.05) is 55.6 Å². The number of aromatic nitrogens is 1. The Hall–Kier alpha value is -2.86. The van der Waals surface area contributed by atoms with E-state index in [-0.39, 0.29) is 5.91 Å². The fourth-order valence-corrected chi connectivity index (χ4v) is 3.34. The summed E-state index contributed by atoms with van der Waals surface area (Å²) in [6.07, 6.45) is 0. The molecule has 3 aromatic rings. The average Bonchev–Trinajstić information content (AvgIpc) is 3.11. The molecule has 0 aliphatic heterocycles. The highest BCUT2D eigenvalue weighted by Crippen LogP contribution is 2.35. The van der Waals surface area contributed by atoms with Crippen molar-refractivity contribution in [3.05, 3.63) is 58.5 Å². The Bertz CT molecular complexity index is 950. The Labute approximate surface area is 156 Å². The average molecular weight is 368 g/mol. The van der Waals surface area contributed by atoms with Crippen LogP contribution in [0.5, 0.6) is 11.5 Å². The molecular weight excluding hydrogens is 348 g/mol. The number of methoxy groups -OCH3 is 2. The number of aryl methyl sites for hydroxylation is 1. The van der Waals surface area contributed by atoms with Gasteiger partial charge in [-0.3, -0.25) is 10.1 Å².